The first-order valence-corrected chi connectivity index (χ1v) is 12.4. The van der Waals surface area contributed by atoms with Crippen LogP contribution in [0.2, 0.25) is 5.02 Å². The summed E-state index contributed by atoms with van der Waals surface area (Å²) < 4.78 is 7.88. The molecule has 8 nitrogen and oxygen atoms in total. The largest absolute Gasteiger partial charge is 0.376 e. The van der Waals surface area contributed by atoms with Gasteiger partial charge < -0.3 is 10.1 Å². The molecule has 0 unspecified atom stereocenters. The summed E-state index contributed by atoms with van der Waals surface area (Å²) in [4.78, 5) is 27.1. The number of nitrogens with zero attached hydrogens (tertiary/aromatic N) is 4. The zero-order valence-electron chi connectivity index (χ0n) is 18.6. The number of benzene rings is 2. The molecule has 2 atom stereocenters. The van der Waals surface area contributed by atoms with Crippen molar-refractivity contribution in [2.24, 2.45) is 0 Å². The van der Waals surface area contributed by atoms with Crippen LogP contribution in [0.5, 0.6) is 0 Å². The molecule has 0 saturated carbocycles. The lowest BCUT2D eigenvalue weighted by atomic mass is 10.2. The number of hydrogen-bond acceptors (Lipinski definition) is 6. The number of aromatic nitrogens is 3. The third-order valence-electron chi connectivity index (χ3n) is 5.90. The molecule has 0 radical (unpaired) electrons. The first-order valence-electron chi connectivity index (χ1n) is 11.2. The molecule has 176 valence electrons. The van der Waals surface area contributed by atoms with E-state index in [1.54, 1.807) is 6.07 Å². The van der Waals surface area contributed by atoms with Crippen molar-refractivity contribution in [1.82, 2.24) is 14.8 Å². The predicted octanol–water partition coefficient (Wildman–Crippen LogP) is 4.24. The molecular weight excluding hydrogens is 474 g/mol. The molecule has 0 aliphatic carbocycles. The normalized spacial score (nSPS) is 18.5. The fraction of sp³-hybridized carbons (Fsp3) is 0.333. The Hall–Kier alpha value is -2.88. The molecule has 1 fully saturated rings. The van der Waals surface area contributed by atoms with Crippen molar-refractivity contribution in [1.29, 1.82) is 0 Å². The molecule has 1 aromatic heterocycles. The van der Waals surface area contributed by atoms with Crippen molar-refractivity contribution in [2.75, 3.05) is 23.4 Å². The fourth-order valence-corrected chi connectivity index (χ4v) is 5.25. The molecule has 3 aromatic rings. The Morgan fingerprint density at radius 1 is 1.24 bits per heavy atom. The first kappa shape index (κ1) is 22.9. The summed E-state index contributed by atoms with van der Waals surface area (Å²) in [5.41, 5.74) is 2.22. The standard InChI is InChI=1S/C24H24ClN5O3S/c1-15(23(32)29-14-21(31)26-19-6-2-3-7-20(19)29)34-24-28-27-22(16-8-10-17(25)11-9-16)30(24)13-18-5-4-12-33-18/h2-3,6-11,15,18H,4-5,12-14H2,1H3,(H,26,31)/t15-,18-/m1/s1. The number of ether oxygens (including phenoxy) is 1. The Balaban J connectivity index is 1.41. The SMILES string of the molecule is C[C@@H](Sc1nnc(-c2ccc(Cl)cc2)n1C[C@H]1CCCO1)C(=O)N1CC(=O)Nc2ccccc21. The van der Waals surface area contributed by atoms with E-state index in [1.807, 2.05) is 54.0 Å². The second-order valence-corrected chi connectivity index (χ2v) is 10.1. The Kier molecular flexibility index (Phi) is 6.58. The lowest BCUT2D eigenvalue weighted by Gasteiger charge is -2.30. The van der Waals surface area contributed by atoms with Crippen LogP contribution >= 0.6 is 23.4 Å². The number of fused-ring (bicyclic) bond motifs is 1. The van der Waals surface area contributed by atoms with Gasteiger partial charge in [0.05, 0.1) is 29.3 Å². The third kappa shape index (κ3) is 4.68. The highest BCUT2D eigenvalue weighted by Gasteiger charge is 2.31. The van der Waals surface area contributed by atoms with Gasteiger partial charge in [-0.2, -0.15) is 0 Å². The third-order valence-corrected chi connectivity index (χ3v) is 7.22. The molecule has 0 bridgehead atoms. The molecule has 0 spiro atoms. The molecular formula is C24H24ClN5O3S. The van der Waals surface area contributed by atoms with Crippen LogP contribution in [0.15, 0.2) is 53.7 Å². The topological polar surface area (TPSA) is 89.3 Å². The average Bonchev–Trinajstić information content (AvgIpc) is 3.49. The summed E-state index contributed by atoms with van der Waals surface area (Å²) in [5.74, 6) is 0.333. The van der Waals surface area contributed by atoms with Gasteiger partial charge in [0, 0.05) is 17.2 Å². The summed E-state index contributed by atoms with van der Waals surface area (Å²) in [6.07, 6.45) is 2.07. The predicted molar refractivity (Wildman–Crippen MR) is 132 cm³/mol. The first-order chi connectivity index (χ1) is 16.5. The molecule has 1 saturated heterocycles. The monoisotopic (exact) mass is 497 g/mol. The van der Waals surface area contributed by atoms with Crippen LogP contribution in [0.3, 0.4) is 0 Å². The molecule has 3 heterocycles. The number of nitrogens with one attached hydrogen (secondary N) is 1. The van der Waals surface area contributed by atoms with Gasteiger partial charge in [0.1, 0.15) is 6.54 Å². The van der Waals surface area contributed by atoms with Gasteiger partial charge in [-0.1, -0.05) is 35.5 Å². The zero-order valence-corrected chi connectivity index (χ0v) is 20.2. The smallest absolute Gasteiger partial charge is 0.244 e. The van der Waals surface area contributed by atoms with Gasteiger partial charge in [0.2, 0.25) is 11.8 Å². The number of thioether (sulfide) groups is 1. The van der Waals surface area contributed by atoms with E-state index >= 15 is 0 Å². The summed E-state index contributed by atoms with van der Waals surface area (Å²) in [6.45, 7) is 3.16. The van der Waals surface area contributed by atoms with Crippen LogP contribution < -0.4 is 10.2 Å². The Bertz CT molecular complexity index is 1210. The van der Waals surface area contributed by atoms with E-state index in [0.29, 0.717) is 33.9 Å². The van der Waals surface area contributed by atoms with Crippen molar-refractivity contribution in [3.05, 3.63) is 53.6 Å². The molecule has 2 amide bonds. The number of halogens is 1. The highest BCUT2D eigenvalue weighted by Crippen LogP contribution is 2.33. The number of hydrogen-bond donors (Lipinski definition) is 1. The van der Waals surface area contributed by atoms with Gasteiger partial charge in [0.15, 0.2) is 11.0 Å². The van der Waals surface area contributed by atoms with Gasteiger partial charge in [-0.15, -0.1) is 10.2 Å². The van der Waals surface area contributed by atoms with E-state index in [0.717, 1.165) is 25.0 Å². The maximum Gasteiger partial charge on any atom is 0.244 e. The Labute approximate surface area is 206 Å². The molecule has 34 heavy (non-hydrogen) atoms. The second kappa shape index (κ2) is 9.77. The van der Waals surface area contributed by atoms with Crippen LogP contribution in [-0.4, -0.2) is 51.1 Å². The lowest BCUT2D eigenvalue weighted by molar-refractivity contribution is -0.121. The van der Waals surface area contributed by atoms with Gasteiger partial charge >= 0.3 is 0 Å². The van der Waals surface area contributed by atoms with Crippen molar-refractivity contribution < 1.29 is 14.3 Å². The molecule has 1 N–H and O–H groups in total. The van der Waals surface area contributed by atoms with E-state index in [9.17, 15) is 9.59 Å². The Morgan fingerprint density at radius 3 is 2.79 bits per heavy atom. The van der Waals surface area contributed by atoms with E-state index < -0.39 is 5.25 Å². The average molecular weight is 498 g/mol. The van der Waals surface area contributed by atoms with Crippen LogP contribution in [-0.2, 0) is 20.9 Å². The van der Waals surface area contributed by atoms with Crippen LogP contribution in [0, 0.1) is 0 Å². The summed E-state index contributed by atoms with van der Waals surface area (Å²) in [6, 6.07) is 14.8. The number of rotatable bonds is 6. The highest BCUT2D eigenvalue weighted by atomic mass is 35.5. The van der Waals surface area contributed by atoms with E-state index in [1.165, 1.54) is 16.7 Å². The number of carbonyl (C=O) groups is 2. The summed E-state index contributed by atoms with van der Waals surface area (Å²) in [5, 5.41) is 12.5. The van der Waals surface area contributed by atoms with Crippen molar-refractivity contribution in [2.45, 2.75) is 42.8 Å². The molecule has 2 aliphatic rings. The lowest BCUT2D eigenvalue weighted by Crippen LogP contribution is -2.45. The number of para-hydroxylation sites is 2. The van der Waals surface area contributed by atoms with Crippen molar-refractivity contribution in [3.63, 3.8) is 0 Å². The maximum absolute atomic E-state index is 13.4. The highest BCUT2D eigenvalue weighted by molar-refractivity contribution is 8.00. The van der Waals surface area contributed by atoms with Gasteiger partial charge in [0.25, 0.3) is 0 Å². The fourth-order valence-electron chi connectivity index (χ4n) is 4.20. The molecule has 10 heteroatoms. The van der Waals surface area contributed by atoms with Crippen LogP contribution in [0.4, 0.5) is 11.4 Å². The summed E-state index contributed by atoms with van der Waals surface area (Å²) in [7, 11) is 0. The Morgan fingerprint density at radius 2 is 2.03 bits per heavy atom. The van der Waals surface area contributed by atoms with Crippen molar-refractivity contribution >= 4 is 46.6 Å². The van der Waals surface area contributed by atoms with Gasteiger partial charge in [-0.25, -0.2) is 0 Å². The van der Waals surface area contributed by atoms with Gasteiger partial charge in [-0.05, 0) is 56.2 Å². The maximum atomic E-state index is 13.4. The van der Waals surface area contributed by atoms with Crippen molar-refractivity contribution in [3.8, 4) is 11.4 Å². The van der Waals surface area contributed by atoms with E-state index in [4.69, 9.17) is 16.3 Å². The minimum atomic E-state index is -0.482. The van der Waals surface area contributed by atoms with E-state index in [-0.39, 0.29) is 24.5 Å². The molecule has 2 aromatic carbocycles. The molecule has 5 rings (SSSR count). The van der Waals surface area contributed by atoms with E-state index in [2.05, 4.69) is 15.5 Å². The zero-order chi connectivity index (χ0) is 23.7. The minimum Gasteiger partial charge on any atom is -0.376 e. The summed E-state index contributed by atoms with van der Waals surface area (Å²) >= 11 is 7.40. The second-order valence-electron chi connectivity index (χ2n) is 8.31. The van der Waals surface area contributed by atoms with Gasteiger partial charge in [-0.3, -0.25) is 19.1 Å². The quantitative estimate of drug-likeness (QED) is 0.512. The number of amides is 2. The number of anilines is 2. The molecule has 2 aliphatic heterocycles. The number of carbonyl (C=O) groups excluding carboxylic acids is 2. The minimum absolute atomic E-state index is 0.0145. The van der Waals surface area contributed by atoms with Crippen LogP contribution in [0.25, 0.3) is 11.4 Å². The van der Waals surface area contributed by atoms with Crippen LogP contribution in [0.1, 0.15) is 19.8 Å².